The molecule has 0 saturated carbocycles. The number of thioether (sulfide) groups is 1. The first kappa shape index (κ1) is 18.7. The third-order valence-electron chi connectivity index (χ3n) is 4.57. The highest BCUT2D eigenvalue weighted by atomic mass is 32.2. The summed E-state index contributed by atoms with van der Waals surface area (Å²) in [6.07, 6.45) is 3.44. The molecule has 0 unspecified atom stereocenters. The molecule has 1 amide bonds. The summed E-state index contributed by atoms with van der Waals surface area (Å²) < 4.78 is 20.9. The molecule has 1 saturated heterocycles. The zero-order valence-corrected chi connectivity index (χ0v) is 16.0. The zero-order valence-electron chi connectivity index (χ0n) is 15.2. The second-order valence-corrected chi connectivity index (χ2v) is 7.48. The Balaban J connectivity index is 1.65. The standard InChI is InChI=1S/C21H20FN3O2S/c22-17-7-4-8-18(15-17)25-10-9-23-21(25)28-19(16-5-2-1-3-6-16)20(26)24-11-13-27-14-12-24/h1-10,15,19H,11-14H2/t19-/m0/s1. The van der Waals surface area contributed by atoms with Crippen LogP contribution in [-0.2, 0) is 9.53 Å². The smallest absolute Gasteiger partial charge is 0.240 e. The fourth-order valence-corrected chi connectivity index (χ4v) is 4.30. The van der Waals surface area contributed by atoms with Gasteiger partial charge < -0.3 is 9.64 Å². The first-order valence-electron chi connectivity index (χ1n) is 9.10. The number of ether oxygens (including phenoxy) is 1. The lowest BCUT2D eigenvalue weighted by Crippen LogP contribution is -2.42. The van der Waals surface area contributed by atoms with Crippen molar-refractivity contribution in [1.29, 1.82) is 0 Å². The molecular formula is C21H20FN3O2S. The predicted octanol–water partition coefficient (Wildman–Crippen LogP) is 3.70. The summed E-state index contributed by atoms with van der Waals surface area (Å²) in [7, 11) is 0. The quantitative estimate of drug-likeness (QED) is 0.616. The van der Waals surface area contributed by atoms with E-state index in [0.717, 1.165) is 5.56 Å². The highest BCUT2D eigenvalue weighted by molar-refractivity contribution is 8.00. The molecule has 1 aliphatic rings. The second-order valence-electron chi connectivity index (χ2n) is 6.41. The summed E-state index contributed by atoms with van der Waals surface area (Å²) in [5.74, 6) is -0.278. The van der Waals surface area contributed by atoms with Crippen molar-refractivity contribution in [3.8, 4) is 5.69 Å². The van der Waals surface area contributed by atoms with Crippen LogP contribution in [0.25, 0.3) is 5.69 Å². The summed E-state index contributed by atoms with van der Waals surface area (Å²) in [5.41, 5.74) is 1.59. The van der Waals surface area contributed by atoms with E-state index in [2.05, 4.69) is 4.98 Å². The molecule has 2 aromatic carbocycles. The summed E-state index contributed by atoms with van der Waals surface area (Å²) in [6, 6.07) is 16.0. The van der Waals surface area contributed by atoms with Crippen LogP contribution in [0.2, 0.25) is 0 Å². The second kappa shape index (κ2) is 8.58. The fraction of sp³-hybridized carbons (Fsp3) is 0.238. The van der Waals surface area contributed by atoms with Crippen molar-refractivity contribution in [2.24, 2.45) is 0 Å². The summed E-state index contributed by atoms with van der Waals surface area (Å²) >= 11 is 1.37. The van der Waals surface area contributed by atoms with Gasteiger partial charge in [0.2, 0.25) is 5.91 Å². The van der Waals surface area contributed by atoms with Gasteiger partial charge in [-0.3, -0.25) is 9.36 Å². The number of aromatic nitrogens is 2. The number of amides is 1. The number of benzene rings is 2. The summed E-state index contributed by atoms with van der Waals surface area (Å²) in [5, 5.41) is 0.204. The average molecular weight is 397 g/mol. The number of morpholine rings is 1. The largest absolute Gasteiger partial charge is 0.378 e. The SMILES string of the molecule is O=C([C@@H](Sc1nccn1-c1cccc(F)c1)c1ccccc1)N1CCOCC1. The highest BCUT2D eigenvalue weighted by Crippen LogP contribution is 2.37. The van der Waals surface area contributed by atoms with E-state index in [1.807, 2.05) is 41.3 Å². The minimum atomic E-state index is -0.436. The molecule has 1 fully saturated rings. The maximum Gasteiger partial charge on any atom is 0.240 e. The van der Waals surface area contributed by atoms with Crippen LogP contribution in [0.3, 0.4) is 0 Å². The molecule has 3 aromatic rings. The molecule has 0 N–H and O–H groups in total. The van der Waals surface area contributed by atoms with E-state index < -0.39 is 5.25 Å². The number of rotatable bonds is 5. The van der Waals surface area contributed by atoms with Crippen LogP contribution in [0.1, 0.15) is 10.8 Å². The average Bonchev–Trinajstić information content (AvgIpc) is 3.21. The number of nitrogens with zero attached hydrogens (tertiary/aromatic N) is 3. The van der Waals surface area contributed by atoms with E-state index in [4.69, 9.17) is 4.74 Å². The third-order valence-corrected chi connectivity index (χ3v) is 5.79. The molecule has 5 nitrogen and oxygen atoms in total. The molecule has 0 bridgehead atoms. The minimum Gasteiger partial charge on any atom is -0.378 e. The Morgan fingerprint density at radius 3 is 2.64 bits per heavy atom. The van der Waals surface area contributed by atoms with Crippen molar-refractivity contribution in [3.63, 3.8) is 0 Å². The molecule has 0 radical (unpaired) electrons. The number of imidazole rings is 1. The van der Waals surface area contributed by atoms with Gasteiger partial charge in [0.15, 0.2) is 5.16 Å². The summed E-state index contributed by atoms with van der Waals surface area (Å²) in [6.45, 7) is 2.27. The number of carbonyl (C=O) groups excluding carboxylic acids is 1. The molecule has 1 aromatic heterocycles. The first-order chi connectivity index (χ1) is 13.7. The van der Waals surface area contributed by atoms with Crippen LogP contribution < -0.4 is 0 Å². The molecule has 4 rings (SSSR count). The number of carbonyl (C=O) groups is 1. The van der Waals surface area contributed by atoms with Gasteiger partial charge in [-0.15, -0.1) is 0 Å². The molecule has 144 valence electrons. The van der Waals surface area contributed by atoms with Gasteiger partial charge in [-0.25, -0.2) is 9.37 Å². The van der Waals surface area contributed by atoms with Gasteiger partial charge in [0.1, 0.15) is 11.1 Å². The van der Waals surface area contributed by atoms with Gasteiger partial charge >= 0.3 is 0 Å². The molecule has 1 atom stereocenters. The maximum absolute atomic E-state index is 13.7. The lowest BCUT2D eigenvalue weighted by molar-refractivity contribution is -0.134. The van der Waals surface area contributed by atoms with Crippen LogP contribution in [-0.4, -0.2) is 46.7 Å². The molecular weight excluding hydrogens is 377 g/mol. The Bertz CT molecular complexity index is 942. The van der Waals surface area contributed by atoms with Gasteiger partial charge in [-0.1, -0.05) is 48.2 Å². The van der Waals surface area contributed by atoms with E-state index in [0.29, 0.717) is 37.1 Å². The molecule has 2 heterocycles. The first-order valence-corrected chi connectivity index (χ1v) is 9.98. The Kier molecular flexibility index (Phi) is 5.73. The third kappa shape index (κ3) is 4.10. The predicted molar refractivity (Wildman–Crippen MR) is 106 cm³/mol. The lowest BCUT2D eigenvalue weighted by Gasteiger charge is -2.30. The molecule has 7 heteroatoms. The number of hydrogen-bond donors (Lipinski definition) is 0. The van der Waals surface area contributed by atoms with Crippen LogP contribution in [0.4, 0.5) is 4.39 Å². The van der Waals surface area contributed by atoms with Gasteiger partial charge in [0.25, 0.3) is 0 Å². The van der Waals surface area contributed by atoms with Crippen LogP contribution in [0.15, 0.2) is 72.1 Å². The molecule has 1 aliphatic heterocycles. The van der Waals surface area contributed by atoms with E-state index in [1.54, 1.807) is 23.0 Å². The van der Waals surface area contributed by atoms with Gasteiger partial charge in [-0.2, -0.15) is 0 Å². The fourth-order valence-electron chi connectivity index (χ4n) is 3.14. The van der Waals surface area contributed by atoms with Gasteiger partial charge in [0.05, 0.1) is 18.9 Å². The normalized spacial score (nSPS) is 15.4. The van der Waals surface area contributed by atoms with Crippen molar-refractivity contribution in [1.82, 2.24) is 14.5 Å². The maximum atomic E-state index is 13.7. The van der Waals surface area contributed by atoms with Crippen LogP contribution >= 0.6 is 11.8 Å². The Labute approximate surface area is 167 Å². The lowest BCUT2D eigenvalue weighted by atomic mass is 10.1. The number of hydrogen-bond acceptors (Lipinski definition) is 4. The van der Waals surface area contributed by atoms with Crippen molar-refractivity contribution >= 4 is 17.7 Å². The van der Waals surface area contributed by atoms with Crippen molar-refractivity contribution in [2.75, 3.05) is 26.3 Å². The van der Waals surface area contributed by atoms with E-state index in [-0.39, 0.29) is 11.7 Å². The molecule has 28 heavy (non-hydrogen) atoms. The van der Waals surface area contributed by atoms with E-state index in [9.17, 15) is 9.18 Å². The minimum absolute atomic E-state index is 0.0355. The van der Waals surface area contributed by atoms with Crippen molar-refractivity contribution < 1.29 is 13.9 Å². The van der Waals surface area contributed by atoms with Gasteiger partial charge in [0, 0.05) is 25.5 Å². The van der Waals surface area contributed by atoms with E-state index in [1.165, 1.54) is 23.9 Å². The zero-order chi connectivity index (χ0) is 19.3. The Morgan fingerprint density at radius 2 is 1.89 bits per heavy atom. The molecule has 0 spiro atoms. The van der Waals surface area contributed by atoms with Gasteiger partial charge in [-0.05, 0) is 23.8 Å². The monoisotopic (exact) mass is 397 g/mol. The van der Waals surface area contributed by atoms with Crippen LogP contribution in [0.5, 0.6) is 0 Å². The highest BCUT2D eigenvalue weighted by Gasteiger charge is 2.29. The Hall–Kier alpha value is -2.64. The van der Waals surface area contributed by atoms with Crippen LogP contribution in [0, 0.1) is 5.82 Å². The van der Waals surface area contributed by atoms with Crippen molar-refractivity contribution in [2.45, 2.75) is 10.4 Å². The Morgan fingerprint density at radius 1 is 1.11 bits per heavy atom. The number of halogens is 1. The van der Waals surface area contributed by atoms with E-state index >= 15 is 0 Å². The van der Waals surface area contributed by atoms with Crippen molar-refractivity contribution in [3.05, 3.63) is 78.4 Å². The summed E-state index contributed by atoms with van der Waals surface area (Å²) in [4.78, 5) is 19.5. The molecule has 0 aliphatic carbocycles. The topological polar surface area (TPSA) is 47.4 Å².